The van der Waals surface area contributed by atoms with Crippen LogP contribution >= 0.6 is 11.3 Å². The lowest BCUT2D eigenvalue weighted by Crippen LogP contribution is -2.29. The second-order valence-electron chi connectivity index (χ2n) is 6.51. The van der Waals surface area contributed by atoms with Crippen LogP contribution in [0.5, 0.6) is 0 Å². The second kappa shape index (κ2) is 8.64. The summed E-state index contributed by atoms with van der Waals surface area (Å²) in [5, 5.41) is 9.91. The predicted octanol–water partition coefficient (Wildman–Crippen LogP) is 4.93. The Morgan fingerprint density at radius 3 is 2.48 bits per heavy atom. The number of amides is 2. The maximum Gasteiger partial charge on any atom is 0.226 e. The Kier molecular flexibility index (Phi) is 6.04. The SMILES string of the molecule is CC(=O)NC(CC(=O)Nc1cccc(-c2ccsc2)c1)c1ccc(C)cc1. The number of carbonyl (C=O) groups is 2. The first-order valence-corrected chi connectivity index (χ1v) is 9.72. The van der Waals surface area contributed by atoms with Crippen LogP contribution in [0.25, 0.3) is 11.1 Å². The lowest BCUT2D eigenvalue weighted by atomic mass is 10.0. The van der Waals surface area contributed by atoms with Crippen LogP contribution in [0.1, 0.15) is 30.5 Å². The van der Waals surface area contributed by atoms with Gasteiger partial charge in [0.25, 0.3) is 0 Å². The Morgan fingerprint density at radius 2 is 1.81 bits per heavy atom. The Balaban J connectivity index is 1.71. The van der Waals surface area contributed by atoms with Gasteiger partial charge in [0.2, 0.25) is 11.8 Å². The maximum atomic E-state index is 12.6. The summed E-state index contributed by atoms with van der Waals surface area (Å²) in [5.74, 6) is -0.301. The van der Waals surface area contributed by atoms with Gasteiger partial charge in [0.05, 0.1) is 12.5 Å². The van der Waals surface area contributed by atoms with E-state index in [1.165, 1.54) is 6.92 Å². The molecule has 0 spiro atoms. The van der Waals surface area contributed by atoms with Gasteiger partial charge in [-0.05, 0) is 52.6 Å². The van der Waals surface area contributed by atoms with Crippen LogP contribution in [0, 0.1) is 6.92 Å². The number of hydrogen-bond acceptors (Lipinski definition) is 3. The first kappa shape index (κ1) is 18.9. The van der Waals surface area contributed by atoms with Crippen molar-refractivity contribution in [1.82, 2.24) is 5.32 Å². The number of nitrogens with one attached hydrogen (secondary N) is 2. The minimum Gasteiger partial charge on any atom is -0.349 e. The topological polar surface area (TPSA) is 58.2 Å². The summed E-state index contributed by atoms with van der Waals surface area (Å²) in [7, 11) is 0. The summed E-state index contributed by atoms with van der Waals surface area (Å²) in [5.41, 5.74) is 4.99. The smallest absolute Gasteiger partial charge is 0.226 e. The summed E-state index contributed by atoms with van der Waals surface area (Å²) >= 11 is 1.64. The van der Waals surface area contributed by atoms with Crippen LogP contribution in [-0.2, 0) is 9.59 Å². The molecule has 0 aliphatic rings. The van der Waals surface area contributed by atoms with E-state index in [0.29, 0.717) is 0 Å². The van der Waals surface area contributed by atoms with Gasteiger partial charge in [-0.25, -0.2) is 0 Å². The van der Waals surface area contributed by atoms with Gasteiger partial charge >= 0.3 is 0 Å². The van der Waals surface area contributed by atoms with Gasteiger partial charge in [-0.1, -0.05) is 42.0 Å². The molecule has 138 valence electrons. The molecule has 0 bridgehead atoms. The number of benzene rings is 2. The highest BCUT2D eigenvalue weighted by molar-refractivity contribution is 7.08. The second-order valence-corrected chi connectivity index (χ2v) is 7.29. The quantitative estimate of drug-likeness (QED) is 0.639. The minimum absolute atomic E-state index is 0.142. The van der Waals surface area contributed by atoms with E-state index in [1.54, 1.807) is 11.3 Å². The van der Waals surface area contributed by atoms with Gasteiger partial charge in [-0.15, -0.1) is 0 Å². The Bertz CT molecular complexity index is 918. The zero-order valence-corrected chi connectivity index (χ0v) is 16.2. The van der Waals surface area contributed by atoms with Crippen molar-refractivity contribution in [3.05, 3.63) is 76.5 Å². The number of anilines is 1. The third-order valence-electron chi connectivity index (χ3n) is 4.25. The summed E-state index contributed by atoms with van der Waals surface area (Å²) in [6.07, 6.45) is 0.172. The van der Waals surface area contributed by atoms with Gasteiger partial charge in [-0.2, -0.15) is 11.3 Å². The van der Waals surface area contributed by atoms with Crippen LogP contribution in [0.3, 0.4) is 0 Å². The van der Waals surface area contributed by atoms with E-state index in [0.717, 1.165) is 27.9 Å². The van der Waals surface area contributed by atoms with E-state index >= 15 is 0 Å². The molecular formula is C22H22N2O2S. The molecule has 3 rings (SSSR count). The van der Waals surface area contributed by atoms with Crippen LogP contribution < -0.4 is 10.6 Å². The molecular weight excluding hydrogens is 356 g/mol. The molecule has 4 nitrogen and oxygen atoms in total. The number of carbonyl (C=O) groups excluding carboxylic acids is 2. The molecule has 1 heterocycles. The fraction of sp³-hybridized carbons (Fsp3) is 0.182. The van der Waals surface area contributed by atoms with Crippen molar-refractivity contribution >= 4 is 28.8 Å². The Labute approximate surface area is 163 Å². The molecule has 1 atom stereocenters. The van der Waals surface area contributed by atoms with Crippen molar-refractivity contribution in [2.24, 2.45) is 0 Å². The first-order chi connectivity index (χ1) is 13.0. The molecule has 2 aromatic carbocycles. The van der Waals surface area contributed by atoms with Gasteiger partial charge in [0, 0.05) is 12.6 Å². The highest BCUT2D eigenvalue weighted by atomic mass is 32.1. The highest BCUT2D eigenvalue weighted by Crippen LogP contribution is 2.25. The van der Waals surface area contributed by atoms with Crippen LogP contribution in [0.15, 0.2) is 65.4 Å². The largest absolute Gasteiger partial charge is 0.349 e. The lowest BCUT2D eigenvalue weighted by molar-refractivity contribution is -0.120. The van der Waals surface area contributed by atoms with E-state index in [2.05, 4.69) is 22.1 Å². The van der Waals surface area contributed by atoms with Crippen molar-refractivity contribution in [2.75, 3.05) is 5.32 Å². The third-order valence-corrected chi connectivity index (χ3v) is 4.93. The van der Waals surface area contributed by atoms with Gasteiger partial charge in [0.15, 0.2) is 0 Å². The molecule has 5 heteroatoms. The van der Waals surface area contributed by atoms with Crippen molar-refractivity contribution in [1.29, 1.82) is 0 Å². The van der Waals surface area contributed by atoms with E-state index in [9.17, 15) is 9.59 Å². The molecule has 2 amide bonds. The number of thiophene rings is 1. The lowest BCUT2D eigenvalue weighted by Gasteiger charge is -2.18. The van der Waals surface area contributed by atoms with Crippen molar-refractivity contribution in [3.63, 3.8) is 0 Å². The molecule has 0 radical (unpaired) electrons. The van der Waals surface area contributed by atoms with Crippen LogP contribution in [-0.4, -0.2) is 11.8 Å². The molecule has 3 aromatic rings. The minimum atomic E-state index is -0.358. The molecule has 0 aliphatic heterocycles. The molecule has 1 aromatic heterocycles. The summed E-state index contributed by atoms with van der Waals surface area (Å²) in [6.45, 7) is 3.47. The fourth-order valence-corrected chi connectivity index (χ4v) is 3.56. The van der Waals surface area contributed by atoms with Crippen molar-refractivity contribution in [2.45, 2.75) is 26.3 Å². The molecule has 2 N–H and O–H groups in total. The molecule has 0 saturated heterocycles. The average Bonchev–Trinajstić information content (AvgIpc) is 3.16. The average molecular weight is 378 g/mol. The fourth-order valence-electron chi connectivity index (χ4n) is 2.90. The normalized spacial score (nSPS) is 11.6. The van der Waals surface area contributed by atoms with Gasteiger partial charge in [0.1, 0.15) is 0 Å². The molecule has 0 saturated carbocycles. The predicted molar refractivity (Wildman–Crippen MR) is 111 cm³/mol. The van der Waals surface area contributed by atoms with E-state index in [4.69, 9.17) is 0 Å². The summed E-state index contributed by atoms with van der Waals surface area (Å²) in [6, 6.07) is 17.3. The number of hydrogen-bond donors (Lipinski definition) is 2. The zero-order chi connectivity index (χ0) is 19.2. The number of aryl methyl sites for hydroxylation is 1. The van der Waals surface area contributed by atoms with Gasteiger partial charge in [-0.3, -0.25) is 9.59 Å². The highest BCUT2D eigenvalue weighted by Gasteiger charge is 2.17. The molecule has 0 fully saturated rings. The van der Waals surface area contributed by atoms with E-state index < -0.39 is 0 Å². The Hall–Kier alpha value is -2.92. The van der Waals surface area contributed by atoms with Crippen molar-refractivity contribution < 1.29 is 9.59 Å². The monoisotopic (exact) mass is 378 g/mol. The summed E-state index contributed by atoms with van der Waals surface area (Å²) in [4.78, 5) is 24.2. The molecule has 27 heavy (non-hydrogen) atoms. The third kappa shape index (κ3) is 5.28. The Morgan fingerprint density at radius 1 is 1.04 bits per heavy atom. The molecule has 0 aliphatic carbocycles. The van der Waals surface area contributed by atoms with Crippen LogP contribution in [0.2, 0.25) is 0 Å². The van der Waals surface area contributed by atoms with Crippen molar-refractivity contribution in [3.8, 4) is 11.1 Å². The maximum absolute atomic E-state index is 12.6. The summed E-state index contributed by atoms with van der Waals surface area (Å²) < 4.78 is 0. The van der Waals surface area contributed by atoms with E-state index in [1.807, 2.05) is 60.8 Å². The number of rotatable bonds is 6. The van der Waals surface area contributed by atoms with Gasteiger partial charge < -0.3 is 10.6 Å². The zero-order valence-electron chi connectivity index (χ0n) is 15.4. The molecule has 1 unspecified atom stereocenters. The standard InChI is InChI=1S/C22H22N2O2S/c1-15-6-8-17(9-7-15)21(23-16(2)25)13-22(26)24-20-5-3-4-18(12-20)19-10-11-27-14-19/h3-12,14,21H,13H2,1-2H3,(H,23,25)(H,24,26). The first-order valence-electron chi connectivity index (χ1n) is 8.77. The van der Waals surface area contributed by atoms with Crippen LogP contribution in [0.4, 0.5) is 5.69 Å². The van der Waals surface area contributed by atoms with E-state index in [-0.39, 0.29) is 24.3 Å².